The van der Waals surface area contributed by atoms with E-state index in [0.29, 0.717) is 0 Å². The number of rotatable bonds is 8. The third-order valence-electron chi connectivity index (χ3n) is 5.61. The van der Waals surface area contributed by atoms with E-state index in [4.69, 9.17) is 4.43 Å². The Bertz CT molecular complexity index is 890. The lowest BCUT2D eigenvalue weighted by molar-refractivity contribution is -0.203. The molecule has 1 atom stereocenters. The summed E-state index contributed by atoms with van der Waals surface area (Å²) in [5, 5.41) is -0.400. The second-order valence-corrected chi connectivity index (χ2v) is 16.5. The van der Waals surface area contributed by atoms with E-state index >= 15 is 0 Å². The second kappa shape index (κ2) is 9.23. The summed E-state index contributed by atoms with van der Waals surface area (Å²) in [7, 11) is -3.55. The molecule has 178 valence electrons. The predicted octanol–water partition coefficient (Wildman–Crippen LogP) is 5.59. The van der Waals surface area contributed by atoms with Gasteiger partial charge in [0.05, 0.1) is 4.90 Å². The molecule has 0 aromatic heterocycles. The number of benzene rings is 1. The van der Waals surface area contributed by atoms with Gasteiger partial charge in [0.2, 0.25) is 0 Å². The highest BCUT2D eigenvalue weighted by molar-refractivity contribution is 7.90. The third-order valence-corrected chi connectivity index (χ3v) is 11.4. The molecule has 0 N–H and O–H groups in total. The first-order valence-corrected chi connectivity index (χ1v) is 14.4. The number of nitrogens with zero attached hydrogens (tertiary/aromatic N) is 2. The third kappa shape index (κ3) is 7.32. The van der Waals surface area contributed by atoms with Crippen molar-refractivity contribution in [1.29, 1.82) is 0 Å². The number of hydrogen-bond donors (Lipinski definition) is 0. The molecule has 1 rings (SSSR count). The summed E-state index contributed by atoms with van der Waals surface area (Å²) < 4.78 is 76.9. The molecular weight excluding hydrogens is 445 g/mol. The molecule has 0 radical (unpaired) electrons. The maximum Gasteiger partial charge on any atom is 0.413 e. The lowest BCUT2D eigenvalue weighted by Crippen LogP contribution is -2.49. The fourth-order valence-electron chi connectivity index (χ4n) is 2.79. The highest BCUT2D eigenvalue weighted by Gasteiger charge is 2.50. The van der Waals surface area contributed by atoms with Gasteiger partial charge in [-0.05, 0) is 41.6 Å². The van der Waals surface area contributed by atoms with Gasteiger partial charge in [-0.1, -0.05) is 52.8 Å². The van der Waals surface area contributed by atoms with Crippen LogP contribution in [0.15, 0.2) is 33.6 Å². The van der Waals surface area contributed by atoms with E-state index in [1.54, 1.807) is 47.1 Å². The summed E-state index contributed by atoms with van der Waals surface area (Å²) in [4.78, 5) is 1.37. The molecule has 0 heterocycles. The summed E-state index contributed by atoms with van der Waals surface area (Å²) in [5.41, 5.74) is -0.862. The molecular formula is C21H35F3N2O3SSi. The van der Waals surface area contributed by atoms with E-state index in [2.05, 4.69) is 4.40 Å². The van der Waals surface area contributed by atoms with Gasteiger partial charge in [-0.25, -0.2) is 0 Å². The second-order valence-electron chi connectivity index (χ2n) is 10.2. The largest absolute Gasteiger partial charge is 0.413 e. The van der Waals surface area contributed by atoms with Crippen molar-refractivity contribution in [2.45, 2.75) is 81.8 Å². The quantitative estimate of drug-likeness (QED) is 0.277. The molecule has 1 aromatic rings. The average molecular weight is 481 g/mol. The minimum atomic E-state index is -4.58. The van der Waals surface area contributed by atoms with Gasteiger partial charge in [0, 0.05) is 14.1 Å². The van der Waals surface area contributed by atoms with Gasteiger partial charge in [-0.3, -0.25) is 0 Å². The number of alkyl halides is 3. The van der Waals surface area contributed by atoms with Crippen LogP contribution >= 0.6 is 0 Å². The Morgan fingerprint density at radius 3 is 2.06 bits per heavy atom. The van der Waals surface area contributed by atoms with Crippen LogP contribution in [0.4, 0.5) is 13.2 Å². The van der Waals surface area contributed by atoms with Crippen LogP contribution in [0.5, 0.6) is 0 Å². The van der Waals surface area contributed by atoms with Crippen LogP contribution in [0.1, 0.15) is 46.6 Å². The highest BCUT2D eigenvalue weighted by Crippen LogP contribution is 2.43. The Hall–Kier alpha value is -1.39. The van der Waals surface area contributed by atoms with E-state index in [0.717, 1.165) is 6.34 Å². The first-order valence-electron chi connectivity index (χ1n) is 10.0. The molecule has 0 spiro atoms. The van der Waals surface area contributed by atoms with Crippen molar-refractivity contribution in [2.75, 3.05) is 14.1 Å². The first kappa shape index (κ1) is 27.6. The first-order chi connectivity index (χ1) is 13.7. The van der Waals surface area contributed by atoms with Gasteiger partial charge in [0.1, 0.15) is 12.4 Å². The SMILES string of the molecule is CN(C)C=NS(=O)(=O)c1ccccc1C(C)(C)CC(O[Si](C)(C)C(C)(C)C)C(F)(F)F. The summed E-state index contributed by atoms with van der Waals surface area (Å²) in [6, 6.07) is 6.06. The van der Waals surface area contributed by atoms with Crippen molar-refractivity contribution < 1.29 is 26.0 Å². The summed E-state index contributed by atoms with van der Waals surface area (Å²) in [6.45, 7) is 12.4. The van der Waals surface area contributed by atoms with Gasteiger partial charge in [0.15, 0.2) is 8.32 Å². The molecule has 0 aliphatic rings. The predicted molar refractivity (Wildman–Crippen MR) is 122 cm³/mol. The molecule has 10 heteroatoms. The van der Waals surface area contributed by atoms with Crippen LogP contribution in [-0.2, 0) is 19.9 Å². The highest BCUT2D eigenvalue weighted by atomic mass is 32.2. The topological polar surface area (TPSA) is 59.0 Å². The maximum atomic E-state index is 14.0. The Kier molecular flexibility index (Phi) is 8.23. The fraction of sp³-hybridized carbons (Fsp3) is 0.667. The number of halogens is 3. The van der Waals surface area contributed by atoms with E-state index in [1.165, 1.54) is 23.1 Å². The van der Waals surface area contributed by atoms with Crippen molar-refractivity contribution >= 4 is 24.7 Å². The lowest BCUT2D eigenvalue weighted by atomic mass is 9.79. The van der Waals surface area contributed by atoms with Crippen molar-refractivity contribution in [3.05, 3.63) is 29.8 Å². The van der Waals surface area contributed by atoms with Crippen LogP contribution in [-0.4, -0.2) is 54.3 Å². The zero-order valence-electron chi connectivity index (χ0n) is 19.8. The molecule has 0 bridgehead atoms. The average Bonchev–Trinajstić information content (AvgIpc) is 2.57. The molecule has 5 nitrogen and oxygen atoms in total. The molecule has 1 aromatic carbocycles. The zero-order chi connectivity index (χ0) is 24.5. The normalized spacial score (nSPS) is 15.4. The molecule has 0 aliphatic heterocycles. The van der Waals surface area contributed by atoms with Gasteiger partial charge in [-0.2, -0.15) is 21.6 Å². The van der Waals surface area contributed by atoms with Gasteiger partial charge < -0.3 is 9.33 Å². The van der Waals surface area contributed by atoms with Gasteiger partial charge >= 0.3 is 6.18 Å². The van der Waals surface area contributed by atoms with Crippen molar-refractivity contribution in [3.63, 3.8) is 0 Å². The van der Waals surface area contributed by atoms with Crippen LogP contribution < -0.4 is 0 Å². The smallest absolute Gasteiger partial charge is 0.405 e. The number of hydrogen-bond acceptors (Lipinski definition) is 3. The Labute approximate surface area is 185 Å². The fourth-order valence-corrected chi connectivity index (χ4v) is 5.37. The van der Waals surface area contributed by atoms with Crippen LogP contribution in [0.25, 0.3) is 0 Å². The lowest BCUT2D eigenvalue weighted by Gasteiger charge is -2.41. The van der Waals surface area contributed by atoms with E-state index in [-0.39, 0.29) is 10.5 Å². The van der Waals surface area contributed by atoms with Crippen LogP contribution in [0.2, 0.25) is 18.1 Å². The summed E-state index contributed by atoms with van der Waals surface area (Å²) >= 11 is 0. The Morgan fingerprint density at radius 2 is 1.61 bits per heavy atom. The minimum absolute atomic E-state index is 0.105. The van der Waals surface area contributed by atoms with E-state index < -0.39 is 47.5 Å². The van der Waals surface area contributed by atoms with Gasteiger partial charge in [0.25, 0.3) is 10.0 Å². The molecule has 0 saturated heterocycles. The van der Waals surface area contributed by atoms with Crippen molar-refractivity contribution in [2.24, 2.45) is 4.40 Å². The van der Waals surface area contributed by atoms with Crippen molar-refractivity contribution in [1.82, 2.24) is 4.90 Å². The van der Waals surface area contributed by atoms with E-state index in [9.17, 15) is 21.6 Å². The van der Waals surface area contributed by atoms with E-state index in [1.807, 2.05) is 20.8 Å². The maximum absolute atomic E-state index is 14.0. The minimum Gasteiger partial charge on any atom is -0.405 e. The molecule has 0 amide bonds. The molecule has 0 aliphatic carbocycles. The molecule has 1 unspecified atom stereocenters. The molecule has 31 heavy (non-hydrogen) atoms. The molecule has 0 fully saturated rings. The van der Waals surface area contributed by atoms with Crippen LogP contribution in [0, 0.1) is 0 Å². The van der Waals surface area contributed by atoms with Crippen LogP contribution in [0.3, 0.4) is 0 Å². The van der Waals surface area contributed by atoms with Crippen molar-refractivity contribution in [3.8, 4) is 0 Å². The Balaban J connectivity index is 3.43. The standard InChI is InChI=1S/C21H35F3N2O3SSi/c1-19(2,3)31(8,9)29-18(21(22,23)24)14-20(4,5)16-12-10-11-13-17(16)30(27,28)25-15-26(6)7/h10-13,15,18H,14H2,1-9H3. The molecule has 0 saturated carbocycles. The summed E-state index contributed by atoms with van der Waals surface area (Å²) in [6.07, 6.45) is -5.85. The monoisotopic (exact) mass is 480 g/mol. The van der Waals surface area contributed by atoms with Gasteiger partial charge in [-0.15, -0.1) is 4.40 Å². The Morgan fingerprint density at radius 1 is 1.10 bits per heavy atom. The number of sulfonamides is 1. The summed E-state index contributed by atoms with van der Waals surface area (Å²) in [5.74, 6) is 0. The zero-order valence-corrected chi connectivity index (χ0v) is 21.6.